The third kappa shape index (κ3) is 6.23. The van der Waals surface area contributed by atoms with Crippen LogP contribution in [0.2, 0.25) is 0 Å². The molecule has 7 nitrogen and oxygen atoms in total. The fraction of sp³-hybridized carbons (Fsp3) is 0.270. The van der Waals surface area contributed by atoms with Crippen molar-refractivity contribution in [3.05, 3.63) is 118 Å². The monoisotopic (exact) mass is 589 g/mol. The molecular formula is C37H35NO6. The summed E-state index contributed by atoms with van der Waals surface area (Å²) in [7, 11) is 0. The van der Waals surface area contributed by atoms with Crippen molar-refractivity contribution in [3.63, 3.8) is 0 Å². The zero-order chi connectivity index (χ0) is 30.8. The summed E-state index contributed by atoms with van der Waals surface area (Å²) < 4.78 is 16.7. The summed E-state index contributed by atoms with van der Waals surface area (Å²) in [6.45, 7) is 5.23. The van der Waals surface area contributed by atoms with Crippen molar-refractivity contribution in [1.29, 1.82) is 0 Å². The molecule has 6 rings (SSSR count). The molecule has 0 spiro atoms. The molecule has 224 valence electrons. The Bertz CT molecular complexity index is 1750. The van der Waals surface area contributed by atoms with Crippen LogP contribution in [0.1, 0.15) is 60.6 Å². The first-order valence-electron chi connectivity index (χ1n) is 14.9. The van der Waals surface area contributed by atoms with E-state index in [9.17, 15) is 14.4 Å². The van der Waals surface area contributed by atoms with Crippen molar-refractivity contribution in [2.75, 3.05) is 0 Å². The van der Waals surface area contributed by atoms with Crippen molar-refractivity contribution in [2.45, 2.75) is 64.9 Å². The SMILES string of the molecule is CC(C)(C)OC(=O)NC(CC(=O)OCc1cccc2c1Cc1ccccc1-2)C(=O)OCc1cccc2c1Cc1ccccc1-2. The van der Waals surface area contributed by atoms with Crippen LogP contribution in [0.4, 0.5) is 4.79 Å². The number of benzene rings is 4. The third-order valence-corrected chi connectivity index (χ3v) is 8.00. The van der Waals surface area contributed by atoms with Gasteiger partial charge in [-0.2, -0.15) is 0 Å². The first kappa shape index (κ1) is 29.2. The molecule has 7 heteroatoms. The van der Waals surface area contributed by atoms with E-state index in [0.29, 0.717) is 0 Å². The predicted molar refractivity (Wildman–Crippen MR) is 167 cm³/mol. The van der Waals surface area contributed by atoms with Crippen molar-refractivity contribution in [3.8, 4) is 22.3 Å². The molecule has 0 bridgehead atoms. The maximum atomic E-state index is 13.3. The van der Waals surface area contributed by atoms with Gasteiger partial charge in [-0.1, -0.05) is 84.9 Å². The topological polar surface area (TPSA) is 90.9 Å². The highest BCUT2D eigenvalue weighted by Gasteiger charge is 2.30. The number of ether oxygens (including phenoxy) is 3. The number of carbonyl (C=O) groups excluding carboxylic acids is 3. The lowest BCUT2D eigenvalue weighted by Crippen LogP contribution is -2.45. The van der Waals surface area contributed by atoms with E-state index in [2.05, 4.69) is 41.7 Å². The number of amides is 1. The van der Waals surface area contributed by atoms with E-state index in [0.717, 1.165) is 46.2 Å². The molecule has 0 radical (unpaired) electrons. The summed E-state index contributed by atoms with van der Waals surface area (Å²) in [6, 6.07) is 27.1. The number of alkyl carbamates (subject to hydrolysis) is 1. The summed E-state index contributed by atoms with van der Waals surface area (Å²) in [5.74, 6) is -1.37. The second kappa shape index (κ2) is 12.0. The van der Waals surface area contributed by atoms with Gasteiger partial charge in [-0.25, -0.2) is 9.59 Å². The van der Waals surface area contributed by atoms with Gasteiger partial charge in [-0.3, -0.25) is 4.79 Å². The van der Waals surface area contributed by atoms with Gasteiger partial charge in [0, 0.05) is 0 Å². The minimum atomic E-state index is -1.28. The van der Waals surface area contributed by atoms with Crippen LogP contribution in [-0.4, -0.2) is 29.7 Å². The molecule has 0 aromatic heterocycles. The number of hydrogen-bond donors (Lipinski definition) is 1. The highest BCUT2D eigenvalue weighted by Crippen LogP contribution is 2.39. The zero-order valence-corrected chi connectivity index (χ0v) is 25.1. The summed E-state index contributed by atoms with van der Waals surface area (Å²) >= 11 is 0. The Hall–Kier alpha value is -4.91. The molecule has 4 aromatic rings. The van der Waals surface area contributed by atoms with Crippen LogP contribution in [0.5, 0.6) is 0 Å². The zero-order valence-electron chi connectivity index (χ0n) is 25.1. The fourth-order valence-electron chi connectivity index (χ4n) is 5.99. The van der Waals surface area contributed by atoms with Crippen molar-refractivity contribution >= 4 is 18.0 Å². The van der Waals surface area contributed by atoms with E-state index in [1.165, 1.54) is 22.3 Å². The Kier molecular flexibility index (Phi) is 7.95. The van der Waals surface area contributed by atoms with Crippen LogP contribution >= 0.6 is 0 Å². The van der Waals surface area contributed by atoms with Crippen LogP contribution in [0.15, 0.2) is 84.9 Å². The average Bonchev–Trinajstić information content (AvgIpc) is 3.57. The Labute approximate surface area is 257 Å². The Balaban J connectivity index is 1.13. The second-order valence-electron chi connectivity index (χ2n) is 12.2. The maximum absolute atomic E-state index is 13.3. The molecule has 44 heavy (non-hydrogen) atoms. The van der Waals surface area contributed by atoms with Crippen molar-refractivity contribution in [2.24, 2.45) is 0 Å². The van der Waals surface area contributed by atoms with Gasteiger partial charge in [0.15, 0.2) is 0 Å². The van der Waals surface area contributed by atoms with Gasteiger partial charge in [0.1, 0.15) is 24.9 Å². The average molecular weight is 590 g/mol. The van der Waals surface area contributed by atoms with Crippen molar-refractivity contribution in [1.82, 2.24) is 5.32 Å². The molecule has 1 atom stereocenters. The smallest absolute Gasteiger partial charge is 0.408 e. The molecule has 1 unspecified atom stereocenters. The standard InChI is InChI=1S/C37H35NO6/c1-37(2,3)44-36(41)38-33(35(40)43-22-26-13-9-17-30-28-15-7-5-11-24(28)19-32(26)30)20-34(39)42-21-25-12-8-16-29-27-14-6-4-10-23(27)18-31(25)29/h4-17,33H,18-22H2,1-3H3,(H,38,41). The van der Waals surface area contributed by atoms with Gasteiger partial charge < -0.3 is 19.5 Å². The molecule has 4 aromatic carbocycles. The molecule has 2 aliphatic carbocycles. The normalized spacial score (nSPS) is 13.2. The largest absolute Gasteiger partial charge is 0.461 e. The first-order valence-corrected chi connectivity index (χ1v) is 14.9. The van der Waals surface area contributed by atoms with E-state index in [-0.39, 0.29) is 13.2 Å². The molecule has 0 saturated heterocycles. The number of hydrogen-bond acceptors (Lipinski definition) is 6. The Morgan fingerprint density at radius 3 is 1.73 bits per heavy atom. The molecule has 0 fully saturated rings. The highest BCUT2D eigenvalue weighted by atomic mass is 16.6. The quantitative estimate of drug-likeness (QED) is 0.153. The van der Waals surface area contributed by atoms with Crippen LogP contribution in [0.25, 0.3) is 22.3 Å². The van der Waals surface area contributed by atoms with Gasteiger partial charge in [0.2, 0.25) is 0 Å². The van der Waals surface area contributed by atoms with Crippen LogP contribution in [0, 0.1) is 0 Å². The van der Waals surface area contributed by atoms with E-state index in [1.807, 2.05) is 48.5 Å². The number of rotatable bonds is 8. The molecule has 0 saturated carbocycles. The maximum Gasteiger partial charge on any atom is 0.408 e. The summed E-state index contributed by atoms with van der Waals surface area (Å²) in [5, 5.41) is 2.52. The van der Waals surface area contributed by atoms with Crippen LogP contribution in [0.3, 0.4) is 0 Å². The lowest BCUT2D eigenvalue weighted by Gasteiger charge is -2.23. The number of nitrogens with one attached hydrogen (secondary N) is 1. The van der Waals surface area contributed by atoms with Gasteiger partial charge in [0.25, 0.3) is 0 Å². The van der Waals surface area contributed by atoms with Gasteiger partial charge in [0.05, 0.1) is 6.42 Å². The Morgan fingerprint density at radius 2 is 1.18 bits per heavy atom. The van der Waals surface area contributed by atoms with Crippen LogP contribution < -0.4 is 5.32 Å². The summed E-state index contributed by atoms with van der Waals surface area (Å²) in [5.41, 5.74) is 10.3. The summed E-state index contributed by atoms with van der Waals surface area (Å²) in [4.78, 5) is 39.0. The molecule has 1 amide bonds. The van der Waals surface area contributed by atoms with Gasteiger partial charge in [-0.05, 0) is 89.2 Å². The fourth-order valence-corrected chi connectivity index (χ4v) is 5.99. The molecule has 1 N–H and O–H groups in total. The highest BCUT2D eigenvalue weighted by molar-refractivity contribution is 5.86. The third-order valence-electron chi connectivity index (χ3n) is 8.00. The lowest BCUT2D eigenvalue weighted by molar-refractivity contribution is -0.154. The minimum Gasteiger partial charge on any atom is -0.461 e. The van der Waals surface area contributed by atoms with E-state index >= 15 is 0 Å². The minimum absolute atomic E-state index is 0.00819. The molecule has 0 aliphatic heterocycles. The van der Waals surface area contributed by atoms with Crippen molar-refractivity contribution < 1.29 is 28.6 Å². The first-order chi connectivity index (χ1) is 21.2. The summed E-state index contributed by atoms with van der Waals surface area (Å²) in [6.07, 6.45) is 0.301. The van der Waals surface area contributed by atoms with Gasteiger partial charge >= 0.3 is 18.0 Å². The second-order valence-corrected chi connectivity index (χ2v) is 12.2. The van der Waals surface area contributed by atoms with E-state index < -0.39 is 36.1 Å². The molecular weight excluding hydrogens is 554 g/mol. The number of carbonyl (C=O) groups is 3. The molecule has 0 heterocycles. The van der Waals surface area contributed by atoms with E-state index in [1.54, 1.807) is 20.8 Å². The Morgan fingerprint density at radius 1 is 0.682 bits per heavy atom. The van der Waals surface area contributed by atoms with E-state index in [4.69, 9.17) is 14.2 Å². The predicted octanol–water partition coefficient (Wildman–Crippen LogP) is 6.90. The van der Waals surface area contributed by atoms with Gasteiger partial charge in [-0.15, -0.1) is 0 Å². The number of esters is 2. The molecule has 2 aliphatic rings. The van der Waals surface area contributed by atoms with Crippen LogP contribution in [-0.2, 0) is 49.9 Å². The number of fused-ring (bicyclic) bond motifs is 6. The lowest BCUT2D eigenvalue weighted by atomic mass is 10.0.